The van der Waals surface area contributed by atoms with Gasteiger partial charge in [-0.2, -0.15) is 0 Å². The van der Waals surface area contributed by atoms with Gasteiger partial charge in [0.15, 0.2) is 0 Å². The second-order valence-corrected chi connectivity index (χ2v) is 9.99. The number of halogens is 1. The van der Waals surface area contributed by atoms with Crippen molar-refractivity contribution in [3.8, 4) is 0 Å². The van der Waals surface area contributed by atoms with Crippen LogP contribution in [-0.4, -0.2) is 82.2 Å². The summed E-state index contributed by atoms with van der Waals surface area (Å²) in [4.78, 5) is 3.10. The summed E-state index contributed by atoms with van der Waals surface area (Å²) in [5.41, 5.74) is 0. The molecule has 0 spiro atoms. The van der Waals surface area contributed by atoms with E-state index in [1.165, 1.54) is 19.4 Å². The molecule has 1 heterocycles. The average molecular weight is 448 g/mol. The van der Waals surface area contributed by atoms with Gasteiger partial charge in [-0.15, -0.1) is 0 Å². The summed E-state index contributed by atoms with van der Waals surface area (Å²) in [7, 11) is 9.60. The van der Waals surface area contributed by atoms with Crippen LogP contribution in [0.1, 0.15) is 38.5 Å². The summed E-state index contributed by atoms with van der Waals surface area (Å²) in [6, 6.07) is 0.612. The lowest BCUT2D eigenvalue weighted by atomic mass is 9.66. The minimum Gasteiger partial charge on any atom is -0.379 e. The van der Waals surface area contributed by atoms with Crippen LogP contribution in [-0.2, 0) is 18.9 Å². The Hall–Kier alpha value is 0.280. The highest BCUT2D eigenvalue weighted by Crippen LogP contribution is 2.45. The van der Waals surface area contributed by atoms with Crippen LogP contribution in [0, 0.1) is 17.8 Å². The van der Waals surface area contributed by atoms with Crippen molar-refractivity contribution in [1.82, 2.24) is 4.90 Å². The number of fused-ring (bicyclic) bond motifs is 1. The third kappa shape index (κ3) is 4.72. The van der Waals surface area contributed by atoms with Crippen LogP contribution in [0.2, 0.25) is 0 Å². The van der Waals surface area contributed by atoms with Crippen molar-refractivity contribution in [2.45, 2.75) is 73.8 Å². The van der Waals surface area contributed by atoms with Gasteiger partial charge < -0.3 is 23.8 Å². The molecule has 3 aliphatic rings. The van der Waals surface area contributed by atoms with E-state index in [0.717, 1.165) is 31.6 Å². The summed E-state index contributed by atoms with van der Waals surface area (Å²) < 4.78 is 23.0. The number of likely N-dealkylation sites (tertiary alicyclic amines) is 1. The van der Waals surface area contributed by atoms with E-state index >= 15 is 0 Å². The minimum absolute atomic E-state index is 0.197. The summed E-state index contributed by atoms with van der Waals surface area (Å²) in [5, 5.41) is 0. The van der Waals surface area contributed by atoms with Gasteiger partial charge in [-0.1, -0.05) is 15.9 Å². The molecule has 0 radical (unpaired) electrons. The number of ether oxygens (including phenoxy) is 4. The van der Waals surface area contributed by atoms with Crippen LogP contribution in [0.25, 0.3) is 0 Å². The normalized spacial score (nSPS) is 46.2. The molecule has 1 aliphatic heterocycles. The van der Waals surface area contributed by atoms with E-state index < -0.39 is 0 Å². The average Bonchev–Trinajstić information content (AvgIpc) is 2.69. The molecule has 2 saturated carbocycles. The van der Waals surface area contributed by atoms with Crippen LogP contribution < -0.4 is 0 Å². The maximum absolute atomic E-state index is 5.81. The highest BCUT2D eigenvalue weighted by Gasteiger charge is 2.46. The molecule has 6 heteroatoms. The number of nitrogens with zero attached hydrogens (tertiary/aromatic N) is 1. The fourth-order valence-corrected chi connectivity index (χ4v) is 6.77. The van der Waals surface area contributed by atoms with Gasteiger partial charge in [-0.05, 0) is 69.9 Å². The van der Waals surface area contributed by atoms with Crippen LogP contribution in [0.4, 0.5) is 0 Å². The lowest BCUT2D eigenvalue weighted by Crippen LogP contribution is -2.55. The van der Waals surface area contributed by atoms with Gasteiger partial charge in [-0.25, -0.2) is 0 Å². The molecule has 9 unspecified atom stereocenters. The van der Waals surface area contributed by atoms with Gasteiger partial charge in [0.1, 0.15) is 0 Å². The molecule has 5 nitrogen and oxygen atoms in total. The zero-order chi connectivity index (χ0) is 19.6. The molecule has 0 aromatic heterocycles. The predicted molar refractivity (Wildman–Crippen MR) is 110 cm³/mol. The lowest BCUT2D eigenvalue weighted by molar-refractivity contribution is -0.115. The monoisotopic (exact) mass is 447 g/mol. The Morgan fingerprint density at radius 3 is 2.00 bits per heavy atom. The first kappa shape index (κ1) is 22.0. The largest absolute Gasteiger partial charge is 0.379 e. The van der Waals surface area contributed by atoms with Gasteiger partial charge in [0.2, 0.25) is 0 Å². The Labute approximate surface area is 173 Å². The molecule has 3 fully saturated rings. The molecule has 0 amide bonds. The Bertz CT molecular complexity index is 467. The summed E-state index contributed by atoms with van der Waals surface area (Å²) in [5.74, 6) is 2.07. The third-order valence-electron chi connectivity index (χ3n) is 7.65. The zero-order valence-electron chi connectivity index (χ0n) is 17.6. The quantitative estimate of drug-likeness (QED) is 0.583. The lowest BCUT2D eigenvalue weighted by Gasteiger charge is -2.51. The van der Waals surface area contributed by atoms with E-state index in [2.05, 4.69) is 27.9 Å². The van der Waals surface area contributed by atoms with Crippen LogP contribution in [0.3, 0.4) is 0 Å². The van der Waals surface area contributed by atoms with Crippen molar-refractivity contribution in [1.29, 1.82) is 0 Å². The zero-order valence-corrected chi connectivity index (χ0v) is 19.2. The molecule has 158 valence electrons. The van der Waals surface area contributed by atoms with Gasteiger partial charge in [0.05, 0.1) is 24.4 Å². The van der Waals surface area contributed by atoms with Crippen molar-refractivity contribution < 1.29 is 18.9 Å². The number of piperidine rings is 1. The van der Waals surface area contributed by atoms with Gasteiger partial charge in [0, 0.05) is 39.3 Å². The molecule has 3 rings (SSSR count). The third-order valence-corrected chi connectivity index (χ3v) is 8.77. The van der Waals surface area contributed by atoms with E-state index in [0.29, 0.717) is 22.7 Å². The highest BCUT2D eigenvalue weighted by atomic mass is 79.9. The molecule has 0 aromatic rings. The van der Waals surface area contributed by atoms with Gasteiger partial charge >= 0.3 is 0 Å². The molecular weight excluding hydrogens is 410 g/mol. The minimum atomic E-state index is 0.197. The van der Waals surface area contributed by atoms with Gasteiger partial charge in [0.25, 0.3) is 0 Å². The second kappa shape index (κ2) is 9.86. The highest BCUT2D eigenvalue weighted by molar-refractivity contribution is 9.09. The van der Waals surface area contributed by atoms with Crippen molar-refractivity contribution in [3.63, 3.8) is 0 Å². The smallest absolute Gasteiger partial charge is 0.0843 e. The molecule has 0 bridgehead atoms. The number of rotatable bonds is 6. The first-order valence-corrected chi connectivity index (χ1v) is 11.4. The van der Waals surface area contributed by atoms with Crippen molar-refractivity contribution in [2.75, 3.05) is 42.0 Å². The van der Waals surface area contributed by atoms with E-state index in [1.54, 1.807) is 7.11 Å². The van der Waals surface area contributed by atoms with Crippen molar-refractivity contribution >= 4 is 15.9 Å². The molecule has 2 aliphatic carbocycles. The molecular formula is C21H38BrNO4. The SMILES string of the molecule is COC1CC(Br)C(CC2C3CC(OC)C(OC)CC3CCN2C)CC1OC. The Kier molecular flexibility index (Phi) is 8.02. The van der Waals surface area contributed by atoms with Crippen LogP contribution in [0.5, 0.6) is 0 Å². The molecule has 9 atom stereocenters. The fourth-order valence-electron chi connectivity index (χ4n) is 5.97. The number of hydrogen-bond acceptors (Lipinski definition) is 5. The maximum atomic E-state index is 5.81. The second-order valence-electron chi connectivity index (χ2n) is 8.81. The topological polar surface area (TPSA) is 40.2 Å². The molecule has 0 aromatic carbocycles. The maximum Gasteiger partial charge on any atom is 0.0843 e. The summed E-state index contributed by atoms with van der Waals surface area (Å²) in [6.45, 7) is 1.19. The van der Waals surface area contributed by atoms with Crippen LogP contribution >= 0.6 is 15.9 Å². The number of alkyl halides is 1. The fraction of sp³-hybridized carbons (Fsp3) is 1.00. The number of hydrogen-bond donors (Lipinski definition) is 0. The van der Waals surface area contributed by atoms with Crippen molar-refractivity contribution in [2.24, 2.45) is 17.8 Å². The summed E-state index contributed by atoms with van der Waals surface area (Å²) in [6.07, 6.45) is 7.72. The first-order chi connectivity index (χ1) is 13.0. The van der Waals surface area contributed by atoms with E-state index in [1.807, 2.05) is 21.3 Å². The van der Waals surface area contributed by atoms with Crippen LogP contribution in [0.15, 0.2) is 0 Å². The standard InChI is InChI=1S/C21H38BrNO4/c1-23-7-6-13-9-18(24-2)20(26-4)11-15(13)17(23)8-14-10-19(25-3)21(27-5)12-16(14)22/h13-21H,6-12H2,1-5H3. The Balaban J connectivity index is 1.70. The number of methoxy groups -OCH3 is 4. The molecule has 0 N–H and O–H groups in total. The predicted octanol–water partition coefficient (Wildman–Crippen LogP) is 3.34. The Morgan fingerprint density at radius 2 is 1.37 bits per heavy atom. The van der Waals surface area contributed by atoms with E-state index in [4.69, 9.17) is 18.9 Å². The van der Waals surface area contributed by atoms with Gasteiger partial charge in [-0.3, -0.25) is 0 Å². The Morgan fingerprint density at radius 1 is 0.815 bits per heavy atom. The molecule has 27 heavy (non-hydrogen) atoms. The summed E-state index contributed by atoms with van der Waals surface area (Å²) >= 11 is 3.97. The van der Waals surface area contributed by atoms with E-state index in [9.17, 15) is 0 Å². The first-order valence-electron chi connectivity index (χ1n) is 10.5. The van der Waals surface area contributed by atoms with Crippen molar-refractivity contribution in [3.05, 3.63) is 0 Å². The van der Waals surface area contributed by atoms with E-state index in [-0.39, 0.29) is 24.4 Å². The molecule has 1 saturated heterocycles.